The summed E-state index contributed by atoms with van der Waals surface area (Å²) in [6.07, 6.45) is 3.28. The van der Waals surface area contributed by atoms with Crippen LogP contribution in [0.25, 0.3) is 0 Å². The standard InChI is InChI=1S/C14H20ClNO2/c1-3-5-6-9-16-14(17)11-7-8-13(18-4-2)12(15)10-11/h7-8,10H,3-6,9H2,1-2H3,(H,16,17). The zero-order valence-corrected chi connectivity index (χ0v) is 11.7. The molecule has 0 aliphatic carbocycles. The van der Waals surface area contributed by atoms with Gasteiger partial charge >= 0.3 is 0 Å². The maximum Gasteiger partial charge on any atom is 0.251 e. The van der Waals surface area contributed by atoms with E-state index in [4.69, 9.17) is 16.3 Å². The molecule has 4 heteroatoms. The molecule has 0 aliphatic rings. The van der Waals surface area contributed by atoms with Crippen LogP contribution in [0.2, 0.25) is 5.02 Å². The van der Waals surface area contributed by atoms with Gasteiger partial charge in [0.2, 0.25) is 0 Å². The third-order valence-electron chi connectivity index (χ3n) is 2.56. The molecule has 0 saturated heterocycles. The first-order valence-corrected chi connectivity index (χ1v) is 6.77. The summed E-state index contributed by atoms with van der Waals surface area (Å²) in [5, 5.41) is 3.34. The highest BCUT2D eigenvalue weighted by Gasteiger charge is 2.08. The van der Waals surface area contributed by atoms with Gasteiger partial charge in [0.25, 0.3) is 5.91 Å². The fourth-order valence-corrected chi connectivity index (χ4v) is 1.83. The molecule has 0 heterocycles. The van der Waals surface area contributed by atoms with E-state index in [0.717, 1.165) is 19.3 Å². The number of hydrogen-bond acceptors (Lipinski definition) is 2. The summed E-state index contributed by atoms with van der Waals surface area (Å²) in [5.41, 5.74) is 0.569. The van der Waals surface area contributed by atoms with Crippen molar-refractivity contribution >= 4 is 17.5 Å². The Hall–Kier alpha value is -1.22. The van der Waals surface area contributed by atoms with Crippen molar-refractivity contribution in [1.82, 2.24) is 5.32 Å². The molecule has 0 radical (unpaired) electrons. The Morgan fingerprint density at radius 1 is 1.33 bits per heavy atom. The van der Waals surface area contributed by atoms with E-state index in [1.807, 2.05) is 6.92 Å². The van der Waals surface area contributed by atoms with Crippen molar-refractivity contribution in [3.8, 4) is 5.75 Å². The van der Waals surface area contributed by atoms with Crippen LogP contribution in [0.5, 0.6) is 5.75 Å². The Morgan fingerprint density at radius 3 is 2.72 bits per heavy atom. The topological polar surface area (TPSA) is 38.3 Å². The predicted octanol–water partition coefficient (Wildman–Crippen LogP) is 3.66. The Bertz CT molecular complexity index is 393. The van der Waals surface area contributed by atoms with Crippen molar-refractivity contribution in [3.63, 3.8) is 0 Å². The van der Waals surface area contributed by atoms with Crippen LogP contribution >= 0.6 is 11.6 Å². The van der Waals surface area contributed by atoms with E-state index in [2.05, 4.69) is 12.2 Å². The van der Waals surface area contributed by atoms with Gasteiger partial charge in [0.15, 0.2) is 0 Å². The van der Waals surface area contributed by atoms with Crippen LogP contribution in [0, 0.1) is 0 Å². The molecule has 1 aromatic carbocycles. The number of nitrogens with one attached hydrogen (secondary N) is 1. The van der Waals surface area contributed by atoms with Crippen molar-refractivity contribution in [2.45, 2.75) is 33.1 Å². The second-order valence-electron chi connectivity index (χ2n) is 4.04. The molecule has 18 heavy (non-hydrogen) atoms. The van der Waals surface area contributed by atoms with Crippen LogP contribution in [0.4, 0.5) is 0 Å². The smallest absolute Gasteiger partial charge is 0.251 e. The van der Waals surface area contributed by atoms with Gasteiger partial charge in [-0.1, -0.05) is 31.4 Å². The third-order valence-corrected chi connectivity index (χ3v) is 2.86. The van der Waals surface area contributed by atoms with Gasteiger partial charge in [0.1, 0.15) is 5.75 Å². The molecule has 0 spiro atoms. The Balaban J connectivity index is 2.55. The minimum Gasteiger partial charge on any atom is -0.492 e. The van der Waals surface area contributed by atoms with Crippen molar-refractivity contribution in [1.29, 1.82) is 0 Å². The number of rotatable bonds is 7. The summed E-state index contributed by atoms with van der Waals surface area (Å²) in [6.45, 7) is 5.29. The first-order chi connectivity index (χ1) is 8.69. The van der Waals surface area contributed by atoms with Gasteiger partial charge in [0.05, 0.1) is 11.6 Å². The number of halogens is 1. The minimum absolute atomic E-state index is 0.0870. The monoisotopic (exact) mass is 269 g/mol. The molecule has 100 valence electrons. The van der Waals surface area contributed by atoms with E-state index >= 15 is 0 Å². The van der Waals surface area contributed by atoms with Gasteiger partial charge in [-0.25, -0.2) is 0 Å². The second-order valence-corrected chi connectivity index (χ2v) is 4.45. The summed E-state index contributed by atoms with van der Waals surface area (Å²) in [4.78, 5) is 11.8. The summed E-state index contributed by atoms with van der Waals surface area (Å²) in [5.74, 6) is 0.526. The molecular weight excluding hydrogens is 250 g/mol. The molecule has 0 atom stereocenters. The number of carbonyl (C=O) groups excluding carboxylic acids is 1. The quantitative estimate of drug-likeness (QED) is 0.767. The van der Waals surface area contributed by atoms with E-state index in [9.17, 15) is 4.79 Å². The Kier molecular flexibility index (Phi) is 6.58. The first-order valence-electron chi connectivity index (χ1n) is 6.39. The summed E-state index contributed by atoms with van der Waals surface area (Å²) < 4.78 is 5.32. The fourth-order valence-electron chi connectivity index (χ4n) is 1.59. The van der Waals surface area contributed by atoms with Gasteiger partial charge in [-0.15, -0.1) is 0 Å². The van der Waals surface area contributed by atoms with E-state index < -0.39 is 0 Å². The zero-order chi connectivity index (χ0) is 13.4. The number of amides is 1. The average Bonchev–Trinajstić information content (AvgIpc) is 2.37. The molecule has 3 nitrogen and oxygen atoms in total. The number of unbranched alkanes of at least 4 members (excludes halogenated alkanes) is 2. The molecule has 0 fully saturated rings. The number of hydrogen-bond donors (Lipinski definition) is 1. The largest absolute Gasteiger partial charge is 0.492 e. The fraction of sp³-hybridized carbons (Fsp3) is 0.500. The molecular formula is C14H20ClNO2. The second kappa shape index (κ2) is 7.98. The summed E-state index contributed by atoms with van der Waals surface area (Å²) in [6, 6.07) is 5.10. The van der Waals surface area contributed by atoms with Crippen molar-refractivity contribution in [3.05, 3.63) is 28.8 Å². The van der Waals surface area contributed by atoms with Crippen LogP contribution in [-0.4, -0.2) is 19.1 Å². The highest BCUT2D eigenvalue weighted by Crippen LogP contribution is 2.25. The summed E-state index contributed by atoms with van der Waals surface area (Å²) in [7, 11) is 0. The van der Waals surface area contributed by atoms with Crippen LogP contribution < -0.4 is 10.1 Å². The first kappa shape index (κ1) is 14.8. The molecule has 1 rings (SSSR count). The van der Waals surface area contributed by atoms with Gasteiger partial charge in [-0.05, 0) is 31.5 Å². The van der Waals surface area contributed by atoms with Crippen molar-refractivity contribution in [2.75, 3.05) is 13.2 Å². The molecule has 1 amide bonds. The normalized spacial score (nSPS) is 10.2. The van der Waals surface area contributed by atoms with Gasteiger partial charge in [-0.3, -0.25) is 4.79 Å². The maximum absolute atomic E-state index is 11.8. The van der Waals surface area contributed by atoms with E-state index in [1.54, 1.807) is 18.2 Å². The third kappa shape index (κ3) is 4.57. The molecule has 0 aromatic heterocycles. The molecule has 0 aliphatic heterocycles. The minimum atomic E-state index is -0.0870. The lowest BCUT2D eigenvalue weighted by molar-refractivity contribution is 0.0953. The summed E-state index contributed by atoms with van der Waals surface area (Å²) >= 11 is 6.03. The Morgan fingerprint density at radius 2 is 2.11 bits per heavy atom. The number of ether oxygens (including phenoxy) is 1. The zero-order valence-electron chi connectivity index (χ0n) is 11.0. The van der Waals surface area contributed by atoms with Gasteiger partial charge < -0.3 is 10.1 Å². The molecule has 1 aromatic rings. The molecule has 1 N–H and O–H groups in total. The van der Waals surface area contributed by atoms with Crippen molar-refractivity contribution in [2.24, 2.45) is 0 Å². The van der Waals surface area contributed by atoms with Crippen LogP contribution in [-0.2, 0) is 0 Å². The van der Waals surface area contributed by atoms with Crippen molar-refractivity contribution < 1.29 is 9.53 Å². The highest BCUT2D eigenvalue weighted by atomic mass is 35.5. The van der Waals surface area contributed by atoms with Crippen LogP contribution in [0.15, 0.2) is 18.2 Å². The van der Waals surface area contributed by atoms with E-state index in [1.165, 1.54) is 0 Å². The number of benzene rings is 1. The van der Waals surface area contributed by atoms with Gasteiger partial charge in [-0.2, -0.15) is 0 Å². The average molecular weight is 270 g/mol. The molecule has 0 unspecified atom stereocenters. The van der Waals surface area contributed by atoms with E-state index in [-0.39, 0.29) is 5.91 Å². The highest BCUT2D eigenvalue weighted by molar-refractivity contribution is 6.32. The Labute approximate surface area is 113 Å². The predicted molar refractivity (Wildman–Crippen MR) is 74.5 cm³/mol. The lowest BCUT2D eigenvalue weighted by atomic mass is 10.2. The number of carbonyl (C=O) groups is 1. The molecule has 0 bridgehead atoms. The van der Waals surface area contributed by atoms with Gasteiger partial charge in [0, 0.05) is 12.1 Å². The molecule has 0 saturated carbocycles. The van der Waals surface area contributed by atoms with Crippen LogP contribution in [0.1, 0.15) is 43.5 Å². The maximum atomic E-state index is 11.8. The SMILES string of the molecule is CCCCCNC(=O)c1ccc(OCC)c(Cl)c1. The van der Waals surface area contributed by atoms with E-state index in [0.29, 0.717) is 29.5 Å². The van der Waals surface area contributed by atoms with Crippen LogP contribution in [0.3, 0.4) is 0 Å². The lowest BCUT2D eigenvalue weighted by Gasteiger charge is -2.08. The lowest BCUT2D eigenvalue weighted by Crippen LogP contribution is -2.24.